The van der Waals surface area contributed by atoms with Gasteiger partial charge in [0.25, 0.3) is 5.91 Å². The zero-order valence-corrected chi connectivity index (χ0v) is 25.1. The first kappa shape index (κ1) is 30.5. The fourth-order valence-electron chi connectivity index (χ4n) is 5.55. The molecule has 0 saturated carbocycles. The van der Waals surface area contributed by atoms with Gasteiger partial charge in [0.2, 0.25) is 5.91 Å². The highest BCUT2D eigenvalue weighted by molar-refractivity contribution is 6.22. The Hall–Kier alpha value is -4.96. The normalized spacial score (nSPS) is 14.3. The first-order chi connectivity index (χ1) is 21.1. The zero-order valence-electron chi connectivity index (χ0n) is 25.1. The lowest BCUT2D eigenvalue weighted by atomic mass is 9.95. The number of H-pyrrole nitrogens is 1. The molecule has 0 aliphatic carbocycles. The topological polar surface area (TPSA) is 138 Å². The van der Waals surface area contributed by atoms with Crippen LogP contribution in [0.3, 0.4) is 0 Å². The van der Waals surface area contributed by atoms with Gasteiger partial charge in [0, 0.05) is 54.1 Å². The molecule has 1 fully saturated rings. The van der Waals surface area contributed by atoms with Crippen LogP contribution in [0.25, 0.3) is 10.9 Å². The average molecular weight is 596 g/mol. The van der Waals surface area contributed by atoms with Gasteiger partial charge in [0.1, 0.15) is 0 Å². The van der Waals surface area contributed by atoms with Crippen molar-refractivity contribution in [2.24, 2.45) is 10.9 Å². The maximum Gasteiger partial charge on any atom is 0.336 e. The molecule has 1 aliphatic heterocycles. The highest BCUT2D eigenvalue weighted by atomic mass is 16.4. The molecule has 0 atom stereocenters. The first-order valence-corrected chi connectivity index (χ1v) is 14.7. The van der Waals surface area contributed by atoms with Crippen LogP contribution in [0.5, 0.6) is 5.88 Å². The number of aryl methyl sites for hydroxylation is 1. The van der Waals surface area contributed by atoms with Gasteiger partial charge in [-0.25, -0.2) is 9.79 Å². The highest BCUT2D eigenvalue weighted by Crippen LogP contribution is 2.33. The summed E-state index contributed by atoms with van der Waals surface area (Å²) in [6, 6.07) is 19.7. The minimum atomic E-state index is -1.04. The van der Waals surface area contributed by atoms with Gasteiger partial charge < -0.3 is 30.3 Å². The number of carboxylic acid groups (broad SMARTS) is 1. The summed E-state index contributed by atoms with van der Waals surface area (Å²) in [6.07, 6.45) is 1.26. The lowest BCUT2D eigenvalue weighted by Crippen LogP contribution is -2.44. The van der Waals surface area contributed by atoms with E-state index in [1.54, 1.807) is 42.2 Å². The van der Waals surface area contributed by atoms with E-state index in [9.17, 15) is 24.6 Å². The Morgan fingerprint density at radius 2 is 1.68 bits per heavy atom. The second-order valence-electron chi connectivity index (χ2n) is 11.4. The van der Waals surface area contributed by atoms with E-state index in [0.717, 1.165) is 12.1 Å². The smallest absolute Gasteiger partial charge is 0.336 e. The van der Waals surface area contributed by atoms with E-state index in [1.807, 2.05) is 49.3 Å². The number of nitrogens with zero attached hydrogens (tertiary/aromatic N) is 3. The molecular weight excluding hydrogens is 558 g/mol. The number of amides is 2. The number of rotatable bonds is 9. The summed E-state index contributed by atoms with van der Waals surface area (Å²) in [7, 11) is 3.93. The summed E-state index contributed by atoms with van der Waals surface area (Å²) < 4.78 is 0. The van der Waals surface area contributed by atoms with Crippen molar-refractivity contribution in [2.45, 2.75) is 19.8 Å². The lowest BCUT2D eigenvalue weighted by Gasteiger charge is -2.31. The van der Waals surface area contributed by atoms with Crippen molar-refractivity contribution in [1.82, 2.24) is 20.1 Å². The van der Waals surface area contributed by atoms with Gasteiger partial charge in [-0.15, -0.1) is 0 Å². The van der Waals surface area contributed by atoms with Crippen LogP contribution in [-0.2, 0) is 4.79 Å². The number of hydrogen-bond acceptors (Lipinski definition) is 6. The van der Waals surface area contributed by atoms with Crippen LogP contribution in [0.2, 0.25) is 0 Å². The molecule has 2 heterocycles. The zero-order chi connectivity index (χ0) is 31.4. The van der Waals surface area contributed by atoms with E-state index in [2.05, 4.69) is 10.3 Å². The molecule has 10 nitrogen and oxygen atoms in total. The Morgan fingerprint density at radius 1 is 1.00 bits per heavy atom. The monoisotopic (exact) mass is 595 g/mol. The van der Waals surface area contributed by atoms with Crippen LogP contribution in [0, 0.1) is 12.8 Å². The fraction of sp³-hybridized carbons (Fsp3) is 0.294. The molecule has 0 bridgehead atoms. The van der Waals surface area contributed by atoms with Crippen molar-refractivity contribution in [3.63, 3.8) is 0 Å². The van der Waals surface area contributed by atoms with Gasteiger partial charge in [0.05, 0.1) is 22.5 Å². The number of aromatic nitrogens is 1. The van der Waals surface area contributed by atoms with E-state index in [0.29, 0.717) is 71.5 Å². The summed E-state index contributed by atoms with van der Waals surface area (Å²) in [5.41, 5.74) is 4.04. The standard InChI is InChI=1S/C34H37N5O5/c1-21-19-27-28(20-26(21)34(43)44)37-32(41)29(27)30(22-7-5-4-6-8-22)36-25-11-9-24(10-12-25)33(42)39-16-13-23(14-17-39)31(40)35-15-18-38(2)3/h4-12,19-20,23,37,41H,13-18H2,1-3H3,(H,35,40)(H,43,44). The van der Waals surface area contributed by atoms with Crippen LogP contribution in [-0.4, -0.2) is 88.8 Å². The second-order valence-corrected chi connectivity index (χ2v) is 11.4. The number of likely N-dealkylation sites (tertiary alicyclic amines) is 1. The molecular formula is C34H37N5O5. The molecule has 4 N–H and O–H groups in total. The number of aliphatic imine (C=N–C) groups is 1. The number of aromatic hydroxyl groups is 1. The van der Waals surface area contributed by atoms with Crippen molar-refractivity contribution in [3.8, 4) is 5.88 Å². The van der Waals surface area contributed by atoms with Gasteiger partial charge in [-0.1, -0.05) is 30.3 Å². The molecule has 5 rings (SSSR count). The van der Waals surface area contributed by atoms with E-state index >= 15 is 0 Å². The van der Waals surface area contributed by atoms with Crippen molar-refractivity contribution < 1.29 is 24.6 Å². The van der Waals surface area contributed by atoms with E-state index in [4.69, 9.17) is 4.99 Å². The molecule has 0 radical (unpaired) electrons. The Kier molecular flexibility index (Phi) is 9.10. The summed E-state index contributed by atoms with van der Waals surface area (Å²) in [5.74, 6) is -1.29. The number of carbonyl (C=O) groups is 3. The molecule has 228 valence electrons. The molecule has 1 aromatic heterocycles. The molecule has 0 spiro atoms. The van der Waals surface area contributed by atoms with Gasteiger partial charge >= 0.3 is 5.97 Å². The van der Waals surface area contributed by atoms with Crippen LogP contribution in [0.15, 0.2) is 71.7 Å². The van der Waals surface area contributed by atoms with Crippen molar-refractivity contribution in [1.29, 1.82) is 0 Å². The summed E-state index contributed by atoms with van der Waals surface area (Å²) in [5, 5.41) is 24.2. The fourth-order valence-corrected chi connectivity index (χ4v) is 5.55. The van der Waals surface area contributed by atoms with Gasteiger partial charge in [-0.3, -0.25) is 9.59 Å². The van der Waals surface area contributed by atoms with Crippen molar-refractivity contribution in [3.05, 3.63) is 94.5 Å². The minimum Gasteiger partial charge on any atom is -0.494 e. The number of carboxylic acids is 1. The van der Waals surface area contributed by atoms with E-state index in [1.165, 1.54) is 6.07 Å². The minimum absolute atomic E-state index is 0.0501. The third-order valence-corrected chi connectivity index (χ3v) is 8.00. The quantitative estimate of drug-likeness (QED) is 0.209. The molecule has 2 amide bonds. The number of piperidine rings is 1. The Balaban J connectivity index is 1.36. The van der Waals surface area contributed by atoms with Crippen LogP contribution in [0.1, 0.15) is 50.2 Å². The molecule has 4 aromatic rings. The first-order valence-electron chi connectivity index (χ1n) is 14.7. The third kappa shape index (κ3) is 6.65. The number of hydrogen-bond donors (Lipinski definition) is 4. The molecule has 44 heavy (non-hydrogen) atoms. The summed E-state index contributed by atoms with van der Waals surface area (Å²) in [4.78, 5) is 49.1. The number of benzene rings is 3. The van der Waals surface area contributed by atoms with Gasteiger partial charge in [-0.05, 0) is 75.8 Å². The van der Waals surface area contributed by atoms with Crippen LogP contribution < -0.4 is 5.32 Å². The Labute approximate surface area is 256 Å². The SMILES string of the molecule is Cc1cc2c(C(=Nc3ccc(C(=O)N4CCC(C(=O)NCCN(C)C)CC4)cc3)c3ccccc3)c(O)[nH]c2cc1C(=O)O. The molecule has 0 unspecified atom stereocenters. The summed E-state index contributed by atoms with van der Waals surface area (Å²) in [6.45, 7) is 4.15. The number of likely N-dealkylation sites (N-methyl/N-ethyl adjacent to an activating group) is 1. The highest BCUT2D eigenvalue weighted by Gasteiger charge is 2.28. The van der Waals surface area contributed by atoms with Crippen LogP contribution >= 0.6 is 0 Å². The largest absolute Gasteiger partial charge is 0.494 e. The molecule has 1 aliphatic rings. The lowest BCUT2D eigenvalue weighted by molar-refractivity contribution is -0.126. The van der Waals surface area contributed by atoms with Gasteiger partial charge in [-0.2, -0.15) is 0 Å². The van der Waals surface area contributed by atoms with Crippen LogP contribution in [0.4, 0.5) is 5.69 Å². The number of nitrogens with one attached hydrogen (secondary N) is 2. The molecule has 10 heteroatoms. The molecule has 3 aromatic carbocycles. The molecule has 1 saturated heterocycles. The predicted octanol–water partition coefficient (Wildman–Crippen LogP) is 4.58. The second kappa shape index (κ2) is 13.1. The summed E-state index contributed by atoms with van der Waals surface area (Å²) >= 11 is 0. The van der Waals surface area contributed by atoms with Gasteiger partial charge in [0.15, 0.2) is 5.88 Å². The number of carbonyl (C=O) groups excluding carboxylic acids is 2. The van der Waals surface area contributed by atoms with E-state index in [-0.39, 0.29) is 29.2 Å². The number of aromatic amines is 1. The Morgan fingerprint density at radius 3 is 2.32 bits per heavy atom. The predicted molar refractivity (Wildman–Crippen MR) is 170 cm³/mol. The maximum atomic E-state index is 13.3. The Bertz CT molecular complexity index is 1700. The number of aromatic carboxylic acids is 1. The number of fused-ring (bicyclic) bond motifs is 1. The maximum absolute atomic E-state index is 13.3. The van der Waals surface area contributed by atoms with E-state index < -0.39 is 5.97 Å². The van der Waals surface area contributed by atoms with Crippen molar-refractivity contribution in [2.75, 3.05) is 40.3 Å². The van der Waals surface area contributed by atoms with Crippen molar-refractivity contribution >= 4 is 40.1 Å². The average Bonchev–Trinajstić information content (AvgIpc) is 3.33. The third-order valence-electron chi connectivity index (χ3n) is 8.00.